The number of amides is 2. The normalized spacial score (nSPS) is 29.6. The Kier molecular flexibility index (Phi) is 3.74. The minimum absolute atomic E-state index is 0.116. The van der Waals surface area contributed by atoms with E-state index >= 15 is 0 Å². The molecule has 1 saturated heterocycles. The number of hydrogen-bond donors (Lipinski definition) is 1. The highest BCUT2D eigenvalue weighted by molar-refractivity contribution is 6.00. The summed E-state index contributed by atoms with van der Waals surface area (Å²) in [5, 5.41) is 3.13. The summed E-state index contributed by atoms with van der Waals surface area (Å²) in [6, 6.07) is -0.179. The van der Waals surface area contributed by atoms with E-state index in [1.807, 2.05) is 4.90 Å². The van der Waals surface area contributed by atoms with Crippen molar-refractivity contribution in [2.24, 2.45) is 5.92 Å². The van der Waals surface area contributed by atoms with Crippen molar-refractivity contribution in [3.05, 3.63) is 0 Å². The van der Waals surface area contributed by atoms with E-state index in [1.165, 1.54) is 6.42 Å². The van der Waals surface area contributed by atoms with E-state index in [2.05, 4.69) is 12.2 Å². The highest BCUT2D eigenvalue weighted by Crippen LogP contribution is 2.41. The molecular formula is C16H26N2O2. The van der Waals surface area contributed by atoms with Gasteiger partial charge >= 0.3 is 0 Å². The molecule has 0 aromatic carbocycles. The highest BCUT2D eigenvalue weighted by atomic mass is 16.2. The molecule has 2 saturated carbocycles. The van der Waals surface area contributed by atoms with Crippen molar-refractivity contribution < 1.29 is 9.59 Å². The molecule has 4 heteroatoms. The number of rotatable bonds is 4. The van der Waals surface area contributed by atoms with E-state index < -0.39 is 5.54 Å². The van der Waals surface area contributed by atoms with Crippen LogP contribution in [-0.4, -0.2) is 34.8 Å². The summed E-state index contributed by atoms with van der Waals surface area (Å²) in [7, 11) is 0. The van der Waals surface area contributed by atoms with E-state index in [0.717, 1.165) is 57.9 Å². The molecule has 1 unspecified atom stereocenters. The molecule has 2 aliphatic carbocycles. The van der Waals surface area contributed by atoms with Crippen LogP contribution in [0.2, 0.25) is 0 Å². The van der Waals surface area contributed by atoms with Gasteiger partial charge in [-0.15, -0.1) is 0 Å². The molecule has 112 valence electrons. The molecule has 0 aromatic heterocycles. The van der Waals surface area contributed by atoms with E-state index in [4.69, 9.17) is 0 Å². The van der Waals surface area contributed by atoms with Crippen LogP contribution in [0.15, 0.2) is 0 Å². The second-order valence-corrected chi connectivity index (χ2v) is 6.77. The average molecular weight is 278 g/mol. The van der Waals surface area contributed by atoms with Crippen molar-refractivity contribution in [2.75, 3.05) is 6.54 Å². The zero-order chi connectivity index (χ0) is 14.2. The number of carbonyl (C=O) groups excluding carboxylic acids is 2. The molecule has 1 aliphatic heterocycles. The van der Waals surface area contributed by atoms with Gasteiger partial charge in [0, 0.05) is 6.54 Å². The molecule has 20 heavy (non-hydrogen) atoms. The van der Waals surface area contributed by atoms with Gasteiger partial charge in [0.2, 0.25) is 11.8 Å². The lowest BCUT2D eigenvalue weighted by Gasteiger charge is -2.48. The first-order valence-corrected chi connectivity index (χ1v) is 8.31. The number of piperazine rings is 1. The minimum atomic E-state index is -0.561. The SMILES string of the molecule is CCCCN1C(=O)C2(CCCCC2)NC(=O)C1C1CC1. The maximum absolute atomic E-state index is 13.0. The van der Waals surface area contributed by atoms with Crippen LogP contribution in [0.1, 0.15) is 64.7 Å². The highest BCUT2D eigenvalue weighted by Gasteiger charge is 2.54. The van der Waals surface area contributed by atoms with Crippen LogP contribution in [0, 0.1) is 5.92 Å². The molecule has 0 bridgehead atoms. The largest absolute Gasteiger partial charge is 0.340 e. The second-order valence-electron chi connectivity index (χ2n) is 6.77. The summed E-state index contributed by atoms with van der Waals surface area (Å²) >= 11 is 0. The molecule has 1 atom stereocenters. The second kappa shape index (κ2) is 5.38. The third kappa shape index (κ3) is 2.33. The van der Waals surface area contributed by atoms with Gasteiger partial charge in [-0.1, -0.05) is 32.6 Å². The van der Waals surface area contributed by atoms with Gasteiger partial charge in [0.1, 0.15) is 11.6 Å². The monoisotopic (exact) mass is 278 g/mol. The van der Waals surface area contributed by atoms with Gasteiger partial charge in [-0.25, -0.2) is 0 Å². The van der Waals surface area contributed by atoms with Crippen molar-refractivity contribution >= 4 is 11.8 Å². The first kappa shape index (κ1) is 13.9. The van der Waals surface area contributed by atoms with Gasteiger partial charge in [0.15, 0.2) is 0 Å². The van der Waals surface area contributed by atoms with Gasteiger partial charge in [0.25, 0.3) is 0 Å². The standard InChI is InChI=1S/C16H26N2O2/c1-2-3-11-18-13(12-7-8-12)14(19)17-16(15(18)20)9-5-4-6-10-16/h12-13H,2-11H2,1H3,(H,17,19). The van der Waals surface area contributed by atoms with Gasteiger partial charge in [-0.05, 0) is 38.0 Å². The van der Waals surface area contributed by atoms with Crippen molar-refractivity contribution in [1.82, 2.24) is 10.2 Å². The number of hydrogen-bond acceptors (Lipinski definition) is 2. The van der Waals surface area contributed by atoms with Gasteiger partial charge in [0.05, 0.1) is 0 Å². The Balaban J connectivity index is 1.83. The zero-order valence-corrected chi connectivity index (χ0v) is 12.5. The fourth-order valence-electron chi connectivity index (χ4n) is 3.85. The number of nitrogens with one attached hydrogen (secondary N) is 1. The van der Waals surface area contributed by atoms with Crippen molar-refractivity contribution in [1.29, 1.82) is 0 Å². The van der Waals surface area contributed by atoms with E-state index in [-0.39, 0.29) is 17.9 Å². The predicted molar refractivity (Wildman–Crippen MR) is 77.1 cm³/mol. The molecule has 3 fully saturated rings. The lowest BCUT2D eigenvalue weighted by Crippen LogP contribution is -2.71. The van der Waals surface area contributed by atoms with Gasteiger partial charge in [-0.3, -0.25) is 9.59 Å². The molecule has 1 N–H and O–H groups in total. The quantitative estimate of drug-likeness (QED) is 0.857. The molecule has 1 spiro atoms. The third-order valence-corrected chi connectivity index (χ3v) is 5.17. The van der Waals surface area contributed by atoms with Crippen LogP contribution < -0.4 is 5.32 Å². The van der Waals surface area contributed by atoms with Crippen LogP contribution in [0.5, 0.6) is 0 Å². The fourth-order valence-corrected chi connectivity index (χ4v) is 3.85. The average Bonchev–Trinajstić information content (AvgIpc) is 3.26. The number of carbonyl (C=O) groups is 2. The molecule has 3 rings (SSSR count). The first-order chi connectivity index (χ1) is 9.68. The van der Waals surface area contributed by atoms with E-state index in [0.29, 0.717) is 5.92 Å². The molecular weight excluding hydrogens is 252 g/mol. The topological polar surface area (TPSA) is 49.4 Å². The Morgan fingerprint density at radius 2 is 1.90 bits per heavy atom. The van der Waals surface area contributed by atoms with Gasteiger partial charge in [-0.2, -0.15) is 0 Å². The molecule has 0 aromatic rings. The van der Waals surface area contributed by atoms with Crippen molar-refractivity contribution in [3.63, 3.8) is 0 Å². The van der Waals surface area contributed by atoms with Crippen molar-refractivity contribution in [3.8, 4) is 0 Å². The Labute approximate surface area is 121 Å². The lowest BCUT2D eigenvalue weighted by molar-refractivity contribution is -0.157. The summed E-state index contributed by atoms with van der Waals surface area (Å²) in [5.41, 5.74) is -0.561. The maximum Gasteiger partial charge on any atom is 0.249 e. The first-order valence-electron chi connectivity index (χ1n) is 8.31. The fraction of sp³-hybridized carbons (Fsp3) is 0.875. The van der Waals surface area contributed by atoms with Crippen molar-refractivity contribution in [2.45, 2.75) is 76.3 Å². The Bertz CT molecular complexity index is 397. The van der Waals surface area contributed by atoms with E-state index in [1.54, 1.807) is 0 Å². The van der Waals surface area contributed by atoms with Crippen LogP contribution in [-0.2, 0) is 9.59 Å². The molecule has 1 heterocycles. The minimum Gasteiger partial charge on any atom is -0.340 e. The van der Waals surface area contributed by atoms with Crippen LogP contribution in [0.4, 0.5) is 0 Å². The Morgan fingerprint density at radius 1 is 1.20 bits per heavy atom. The predicted octanol–water partition coefficient (Wildman–Crippen LogP) is 2.23. The smallest absolute Gasteiger partial charge is 0.249 e. The summed E-state index contributed by atoms with van der Waals surface area (Å²) in [6.07, 6.45) is 9.22. The zero-order valence-electron chi connectivity index (χ0n) is 12.5. The molecule has 0 radical (unpaired) electrons. The van der Waals surface area contributed by atoms with Crippen LogP contribution in [0.25, 0.3) is 0 Å². The van der Waals surface area contributed by atoms with E-state index in [9.17, 15) is 9.59 Å². The van der Waals surface area contributed by atoms with Crippen LogP contribution in [0.3, 0.4) is 0 Å². The maximum atomic E-state index is 13.0. The molecule has 4 nitrogen and oxygen atoms in total. The summed E-state index contributed by atoms with van der Waals surface area (Å²) in [6.45, 7) is 2.89. The molecule has 2 amide bonds. The Hall–Kier alpha value is -1.06. The Morgan fingerprint density at radius 3 is 2.50 bits per heavy atom. The number of nitrogens with zero attached hydrogens (tertiary/aromatic N) is 1. The van der Waals surface area contributed by atoms with Crippen LogP contribution >= 0.6 is 0 Å². The summed E-state index contributed by atoms with van der Waals surface area (Å²) in [4.78, 5) is 27.5. The lowest BCUT2D eigenvalue weighted by atomic mass is 9.78. The summed E-state index contributed by atoms with van der Waals surface area (Å²) in [5.74, 6) is 0.740. The summed E-state index contributed by atoms with van der Waals surface area (Å²) < 4.78 is 0. The van der Waals surface area contributed by atoms with Gasteiger partial charge < -0.3 is 10.2 Å². The molecule has 3 aliphatic rings. The number of unbranched alkanes of at least 4 members (excludes halogenated alkanes) is 1. The third-order valence-electron chi connectivity index (χ3n) is 5.17.